The van der Waals surface area contributed by atoms with Crippen molar-refractivity contribution in [2.24, 2.45) is 0 Å². The van der Waals surface area contributed by atoms with Crippen molar-refractivity contribution in [2.75, 3.05) is 6.61 Å². The molecule has 0 amide bonds. The third-order valence-electron chi connectivity index (χ3n) is 2.37. The van der Waals surface area contributed by atoms with Crippen LogP contribution < -0.4 is 0 Å². The van der Waals surface area contributed by atoms with Crippen LogP contribution in [-0.4, -0.2) is 22.5 Å². The minimum Gasteiger partial charge on any atom is -0.460 e. The van der Waals surface area contributed by atoms with Crippen molar-refractivity contribution in [3.63, 3.8) is 0 Å². The molecule has 0 unspecified atom stereocenters. The summed E-state index contributed by atoms with van der Waals surface area (Å²) in [5.74, 6) is -0.250. The molecule has 0 aliphatic rings. The summed E-state index contributed by atoms with van der Waals surface area (Å²) in [7, 11) is 0. The second kappa shape index (κ2) is 5.31. The van der Waals surface area contributed by atoms with E-state index in [9.17, 15) is 4.79 Å². The van der Waals surface area contributed by atoms with Gasteiger partial charge in [0.2, 0.25) is 11.7 Å². The molecule has 2 aromatic heterocycles. The Labute approximate surface area is 109 Å². The van der Waals surface area contributed by atoms with E-state index in [1.54, 1.807) is 26.0 Å². The molecule has 0 saturated heterocycles. The van der Waals surface area contributed by atoms with Crippen LogP contribution in [0.15, 0.2) is 22.7 Å². The number of hydrogen-bond acceptors (Lipinski definition) is 6. The number of oxazole rings is 1. The first-order chi connectivity index (χ1) is 9.15. The topological polar surface area (TPSA) is 89.0 Å². The molecule has 96 valence electrons. The molecule has 0 aliphatic carbocycles. The molecule has 0 spiro atoms. The maximum atomic E-state index is 11.6. The van der Waals surface area contributed by atoms with E-state index in [0.717, 1.165) is 0 Å². The lowest BCUT2D eigenvalue weighted by Gasteiger charge is -1.97. The van der Waals surface area contributed by atoms with Crippen molar-refractivity contribution >= 4 is 5.97 Å². The molecule has 6 nitrogen and oxygen atoms in total. The molecule has 0 atom stereocenters. The summed E-state index contributed by atoms with van der Waals surface area (Å²) in [6.45, 7) is 3.64. The van der Waals surface area contributed by atoms with Gasteiger partial charge in [-0.15, -0.1) is 0 Å². The number of pyridine rings is 1. The second-order valence-electron chi connectivity index (χ2n) is 3.70. The van der Waals surface area contributed by atoms with Crippen molar-refractivity contribution in [1.82, 2.24) is 9.97 Å². The minimum absolute atomic E-state index is 0.0722. The molecule has 0 radical (unpaired) electrons. The van der Waals surface area contributed by atoms with Crippen LogP contribution in [0.4, 0.5) is 0 Å². The Morgan fingerprint density at radius 2 is 2.32 bits per heavy atom. The fourth-order valence-corrected chi connectivity index (χ4v) is 1.48. The average Bonchev–Trinajstić information content (AvgIpc) is 2.81. The molecule has 0 saturated carbocycles. The monoisotopic (exact) mass is 257 g/mol. The van der Waals surface area contributed by atoms with E-state index in [1.165, 1.54) is 6.20 Å². The van der Waals surface area contributed by atoms with Gasteiger partial charge >= 0.3 is 5.97 Å². The number of hydrogen-bond donors (Lipinski definition) is 0. The average molecular weight is 257 g/mol. The summed E-state index contributed by atoms with van der Waals surface area (Å²) < 4.78 is 10.2. The Morgan fingerprint density at radius 3 is 2.89 bits per heavy atom. The van der Waals surface area contributed by atoms with Crippen LogP contribution in [0.3, 0.4) is 0 Å². The van der Waals surface area contributed by atoms with Gasteiger partial charge in [0.05, 0.1) is 17.9 Å². The number of carbonyl (C=O) groups excluding carboxylic acids is 1. The number of carbonyl (C=O) groups is 1. The lowest BCUT2D eigenvalue weighted by Crippen LogP contribution is -2.04. The van der Waals surface area contributed by atoms with Gasteiger partial charge < -0.3 is 9.15 Å². The van der Waals surface area contributed by atoms with Crippen molar-refractivity contribution in [2.45, 2.75) is 13.8 Å². The molecule has 2 aromatic rings. The molecular formula is C13H11N3O3. The summed E-state index contributed by atoms with van der Waals surface area (Å²) in [5.41, 5.74) is 1.34. The van der Waals surface area contributed by atoms with E-state index in [1.807, 2.05) is 6.07 Å². The van der Waals surface area contributed by atoms with E-state index in [2.05, 4.69) is 9.97 Å². The summed E-state index contributed by atoms with van der Waals surface area (Å²) in [5, 5.41) is 8.69. The van der Waals surface area contributed by atoms with Crippen molar-refractivity contribution < 1.29 is 13.9 Å². The van der Waals surface area contributed by atoms with Gasteiger partial charge in [0.25, 0.3) is 0 Å². The third-order valence-corrected chi connectivity index (χ3v) is 2.37. The van der Waals surface area contributed by atoms with Crippen LogP contribution in [0.5, 0.6) is 0 Å². The largest absolute Gasteiger partial charge is 0.460 e. The standard InChI is InChI=1S/C13H11N3O3/c1-3-18-13(17)11-8(2)16-12(19-11)10-5-4-9(6-14)7-15-10/h4-5,7H,3H2,1-2H3. The molecule has 6 heteroatoms. The molecule has 0 aromatic carbocycles. The normalized spacial score (nSPS) is 9.95. The molecule has 2 rings (SSSR count). The SMILES string of the molecule is CCOC(=O)c1oc(-c2ccc(C#N)cn2)nc1C. The van der Waals surface area contributed by atoms with Crippen LogP contribution in [0, 0.1) is 18.3 Å². The Bertz CT molecular complexity index is 638. The zero-order valence-electron chi connectivity index (χ0n) is 10.5. The fraction of sp³-hybridized carbons (Fsp3) is 0.231. The van der Waals surface area contributed by atoms with Crippen molar-refractivity contribution in [3.8, 4) is 17.7 Å². The summed E-state index contributed by atoms with van der Waals surface area (Å²) in [6, 6.07) is 5.18. The van der Waals surface area contributed by atoms with E-state index >= 15 is 0 Å². The lowest BCUT2D eigenvalue weighted by atomic mass is 10.3. The van der Waals surface area contributed by atoms with Gasteiger partial charge in [0, 0.05) is 6.20 Å². The number of nitrogens with zero attached hydrogens (tertiary/aromatic N) is 3. The quantitative estimate of drug-likeness (QED) is 0.782. The molecular weight excluding hydrogens is 246 g/mol. The van der Waals surface area contributed by atoms with E-state index < -0.39 is 5.97 Å². The highest BCUT2D eigenvalue weighted by Crippen LogP contribution is 2.20. The first-order valence-electron chi connectivity index (χ1n) is 5.66. The summed E-state index contributed by atoms with van der Waals surface area (Å²) >= 11 is 0. The van der Waals surface area contributed by atoms with Gasteiger partial charge in [-0.25, -0.2) is 14.8 Å². The zero-order chi connectivity index (χ0) is 13.8. The van der Waals surface area contributed by atoms with Gasteiger partial charge in [0.1, 0.15) is 11.8 Å². The van der Waals surface area contributed by atoms with E-state index in [0.29, 0.717) is 17.0 Å². The number of ether oxygens (including phenoxy) is 1. The number of aromatic nitrogens is 2. The highest BCUT2D eigenvalue weighted by atomic mass is 16.5. The Hall–Kier alpha value is -2.68. The zero-order valence-corrected chi connectivity index (χ0v) is 10.5. The molecule has 19 heavy (non-hydrogen) atoms. The smallest absolute Gasteiger partial charge is 0.376 e. The lowest BCUT2D eigenvalue weighted by molar-refractivity contribution is 0.0490. The Kier molecular flexibility index (Phi) is 3.57. The van der Waals surface area contributed by atoms with Gasteiger partial charge in [0.15, 0.2) is 0 Å². The van der Waals surface area contributed by atoms with Crippen molar-refractivity contribution in [1.29, 1.82) is 5.26 Å². The van der Waals surface area contributed by atoms with Crippen LogP contribution in [-0.2, 0) is 4.74 Å². The number of rotatable bonds is 3. The highest BCUT2D eigenvalue weighted by molar-refractivity contribution is 5.87. The van der Waals surface area contributed by atoms with Crippen molar-refractivity contribution in [3.05, 3.63) is 35.3 Å². The number of esters is 1. The Balaban J connectivity index is 2.33. The van der Waals surface area contributed by atoms with Gasteiger partial charge in [-0.1, -0.05) is 0 Å². The van der Waals surface area contributed by atoms with Crippen LogP contribution in [0.1, 0.15) is 28.7 Å². The first kappa shape index (κ1) is 12.8. The molecule has 0 bridgehead atoms. The predicted octanol–water partition coefficient (Wildman–Crippen LogP) is 2.09. The Morgan fingerprint density at radius 1 is 1.53 bits per heavy atom. The minimum atomic E-state index is -0.549. The molecule has 0 fully saturated rings. The molecule has 2 heterocycles. The van der Waals surface area contributed by atoms with Crippen LogP contribution in [0.2, 0.25) is 0 Å². The highest BCUT2D eigenvalue weighted by Gasteiger charge is 2.19. The van der Waals surface area contributed by atoms with Crippen LogP contribution >= 0.6 is 0 Å². The second-order valence-corrected chi connectivity index (χ2v) is 3.70. The first-order valence-corrected chi connectivity index (χ1v) is 5.66. The third kappa shape index (κ3) is 2.60. The van der Waals surface area contributed by atoms with E-state index in [4.69, 9.17) is 14.4 Å². The van der Waals surface area contributed by atoms with Gasteiger partial charge in [-0.2, -0.15) is 5.26 Å². The molecule has 0 aliphatic heterocycles. The summed E-state index contributed by atoms with van der Waals surface area (Å²) in [4.78, 5) is 19.8. The summed E-state index contributed by atoms with van der Waals surface area (Å²) in [6.07, 6.45) is 1.42. The predicted molar refractivity (Wildman–Crippen MR) is 65.1 cm³/mol. The van der Waals surface area contributed by atoms with Crippen LogP contribution in [0.25, 0.3) is 11.6 Å². The number of nitriles is 1. The van der Waals surface area contributed by atoms with E-state index in [-0.39, 0.29) is 18.3 Å². The number of aryl methyl sites for hydroxylation is 1. The van der Waals surface area contributed by atoms with Gasteiger partial charge in [-0.3, -0.25) is 0 Å². The molecule has 0 N–H and O–H groups in total. The maximum absolute atomic E-state index is 11.6. The van der Waals surface area contributed by atoms with Gasteiger partial charge in [-0.05, 0) is 26.0 Å². The maximum Gasteiger partial charge on any atom is 0.376 e. The fourth-order valence-electron chi connectivity index (χ4n) is 1.48.